The Bertz CT molecular complexity index is 928. The lowest BCUT2D eigenvalue weighted by Crippen LogP contribution is -2.22. The van der Waals surface area contributed by atoms with Gasteiger partial charge in [-0.15, -0.1) is 0 Å². The Labute approximate surface area is 143 Å². The highest BCUT2D eigenvalue weighted by molar-refractivity contribution is 7.92. The van der Waals surface area contributed by atoms with Gasteiger partial charge in [-0.1, -0.05) is 12.1 Å². The molecule has 0 aromatic heterocycles. The monoisotopic (exact) mass is 366 g/mol. The van der Waals surface area contributed by atoms with Crippen molar-refractivity contribution in [2.45, 2.75) is 4.90 Å². The summed E-state index contributed by atoms with van der Waals surface area (Å²) in [6.07, 6.45) is 0. The highest BCUT2D eigenvalue weighted by Gasteiger charge is 2.23. The first-order valence-electron chi connectivity index (χ1n) is 7.02. The number of anilines is 1. The molecule has 0 aliphatic heterocycles. The molecule has 7 nitrogen and oxygen atoms in total. The van der Waals surface area contributed by atoms with Gasteiger partial charge in [0.15, 0.2) is 0 Å². The van der Waals surface area contributed by atoms with Crippen LogP contribution in [-0.2, 0) is 14.8 Å². The van der Waals surface area contributed by atoms with Gasteiger partial charge in [-0.2, -0.15) is 0 Å². The van der Waals surface area contributed by atoms with Crippen LogP contribution in [-0.4, -0.2) is 34.5 Å². The van der Waals surface area contributed by atoms with Crippen LogP contribution < -0.4 is 10.0 Å². The third-order valence-corrected chi connectivity index (χ3v) is 4.67. The summed E-state index contributed by atoms with van der Waals surface area (Å²) in [6, 6.07) is 8.69. The van der Waals surface area contributed by atoms with E-state index in [1.54, 1.807) is 6.07 Å². The van der Waals surface area contributed by atoms with E-state index < -0.39 is 32.6 Å². The number of carbonyl (C=O) groups is 2. The first kappa shape index (κ1) is 18.4. The topological polar surface area (TPSA) is 102 Å². The van der Waals surface area contributed by atoms with Crippen molar-refractivity contribution in [3.8, 4) is 0 Å². The molecule has 0 saturated carbocycles. The molecule has 1 amide bonds. The molecule has 0 aliphatic rings. The van der Waals surface area contributed by atoms with Gasteiger partial charge in [0.1, 0.15) is 10.7 Å². The lowest BCUT2D eigenvalue weighted by Gasteiger charge is -2.13. The molecule has 0 spiro atoms. The normalized spacial score (nSPS) is 10.8. The number of halogens is 1. The largest absolute Gasteiger partial charge is 0.465 e. The second kappa shape index (κ2) is 7.31. The van der Waals surface area contributed by atoms with Gasteiger partial charge in [-0.05, 0) is 30.3 Å². The van der Waals surface area contributed by atoms with Crippen molar-refractivity contribution in [3.63, 3.8) is 0 Å². The summed E-state index contributed by atoms with van der Waals surface area (Å²) in [5, 5.41) is 2.38. The maximum absolute atomic E-state index is 14.0. The van der Waals surface area contributed by atoms with Crippen LogP contribution in [0, 0.1) is 5.82 Å². The van der Waals surface area contributed by atoms with Gasteiger partial charge in [0.05, 0.1) is 23.9 Å². The maximum Gasteiger partial charge on any atom is 0.337 e. The summed E-state index contributed by atoms with van der Waals surface area (Å²) in [7, 11) is -1.87. The van der Waals surface area contributed by atoms with Gasteiger partial charge in [-0.3, -0.25) is 9.52 Å². The highest BCUT2D eigenvalue weighted by Crippen LogP contribution is 2.23. The van der Waals surface area contributed by atoms with E-state index in [4.69, 9.17) is 0 Å². The fraction of sp³-hybridized carbons (Fsp3) is 0.125. The maximum atomic E-state index is 14.0. The molecule has 0 fully saturated rings. The number of hydrogen-bond acceptors (Lipinski definition) is 5. The van der Waals surface area contributed by atoms with Gasteiger partial charge in [0.2, 0.25) is 0 Å². The molecule has 0 aliphatic carbocycles. The van der Waals surface area contributed by atoms with Crippen molar-refractivity contribution in [3.05, 3.63) is 59.4 Å². The van der Waals surface area contributed by atoms with E-state index in [0.717, 1.165) is 25.3 Å². The average molecular weight is 366 g/mol. The lowest BCUT2D eigenvalue weighted by atomic mass is 10.2. The fourth-order valence-corrected chi connectivity index (χ4v) is 3.24. The zero-order chi connectivity index (χ0) is 18.6. The molecular weight excluding hydrogens is 351 g/mol. The fourth-order valence-electron chi connectivity index (χ4n) is 2.06. The molecule has 0 heterocycles. The lowest BCUT2D eigenvalue weighted by molar-refractivity contribution is 0.0600. The number of carbonyl (C=O) groups excluding carboxylic acids is 2. The van der Waals surface area contributed by atoms with E-state index in [1.807, 2.05) is 0 Å². The third-order valence-electron chi connectivity index (χ3n) is 3.28. The molecule has 0 unspecified atom stereocenters. The summed E-state index contributed by atoms with van der Waals surface area (Å²) < 4.78 is 45.7. The van der Waals surface area contributed by atoms with E-state index >= 15 is 0 Å². The molecule has 0 saturated heterocycles. The molecule has 132 valence electrons. The second-order valence-electron chi connectivity index (χ2n) is 4.87. The Morgan fingerprint density at radius 3 is 2.44 bits per heavy atom. The van der Waals surface area contributed by atoms with Gasteiger partial charge >= 0.3 is 5.97 Å². The van der Waals surface area contributed by atoms with Crippen molar-refractivity contribution >= 4 is 27.6 Å². The molecule has 0 bridgehead atoms. The molecule has 25 heavy (non-hydrogen) atoms. The zero-order valence-electron chi connectivity index (χ0n) is 13.4. The van der Waals surface area contributed by atoms with Crippen LogP contribution in [0.3, 0.4) is 0 Å². The summed E-state index contributed by atoms with van der Waals surface area (Å²) in [4.78, 5) is 22.6. The number of methoxy groups -OCH3 is 1. The molecule has 9 heteroatoms. The molecule has 2 N–H and O–H groups in total. The van der Waals surface area contributed by atoms with Crippen molar-refractivity contribution in [2.24, 2.45) is 0 Å². The number of ether oxygens (including phenoxy) is 1. The third kappa shape index (κ3) is 3.94. The minimum Gasteiger partial charge on any atom is -0.465 e. The first-order chi connectivity index (χ1) is 11.8. The predicted octanol–water partition coefficient (Wildman–Crippen LogP) is 1.77. The average Bonchev–Trinajstić information content (AvgIpc) is 2.60. The molecule has 2 aromatic rings. The molecular formula is C16H15FN2O5S. The highest BCUT2D eigenvalue weighted by atomic mass is 32.2. The molecule has 0 radical (unpaired) electrons. The number of hydrogen-bond donors (Lipinski definition) is 2. The Balaban J connectivity index is 2.48. The van der Waals surface area contributed by atoms with Crippen LogP contribution in [0.2, 0.25) is 0 Å². The van der Waals surface area contributed by atoms with Crippen LogP contribution >= 0.6 is 0 Å². The van der Waals surface area contributed by atoms with Crippen LogP contribution in [0.1, 0.15) is 20.7 Å². The van der Waals surface area contributed by atoms with E-state index in [9.17, 15) is 22.4 Å². The summed E-state index contributed by atoms with van der Waals surface area (Å²) >= 11 is 0. The van der Waals surface area contributed by atoms with Crippen LogP contribution in [0.5, 0.6) is 0 Å². The Morgan fingerprint density at radius 1 is 1.12 bits per heavy atom. The Kier molecular flexibility index (Phi) is 5.38. The van der Waals surface area contributed by atoms with E-state index in [2.05, 4.69) is 14.8 Å². The summed E-state index contributed by atoms with van der Waals surface area (Å²) in [5.41, 5.74) is -0.0771. The number of rotatable bonds is 5. The smallest absolute Gasteiger partial charge is 0.337 e. The van der Waals surface area contributed by atoms with Crippen molar-refractivity contribution < 1.29 is 27.1 Å². The van der Waals surface area contributed by atoms with E-state index in [1.165, 1.54) is 25.2 Å². The van der Waals surface area contributed by atoms with E-state index in [0.29, 0.717) is 0 Å². The SMILES string of the molecule is CNC(=O)c1ccccc1NS(=O)(=O)c1cc(C(=O)OC)ccc1F. The van der Waals surface area contributed by atoms with E-state index in [-0.39, 0.29) is 16.8 Å². The molecule has 0 atom stereocenters. The number of esters is 1. The van der Waals surface area contributed by atoms with Crippen molar-refractivity contribution in [1.29, 1.82) is 0 Å². The number of sulfonamides is 1. The van der Waals surface area contributed by atoms with Crippen molar-refractivity contribution in [2.75, 3.05) is 18.9 Å². The molecule has 2 rings (SSSR count). The van der Waals surface area contributed by atoms with Crippen molar-refractivity contribution in [1.82, 2.24) is 5.32 Å². The summed E-state index contributed by atoms with van der Waals surface area (Å²) in [6.45, 7) is 0. The molecule has 2 aromatic carbocycles. The quantitative estimate of drug-likeness (QED) is 0.786. The Hall–Kier alpha value is -2.94. The number of para-hydroxylation sites is 1. The first-order valence-corrected chi connectivity index (χ1v) is 8.50. The number of benzene rings is 2. The van der Waals surface area contributed by atoms with Gasteiger partial charge in [-0.25, -0.2) is 17.6 Å². The minimum atomic E-state index is -4.39. The predicted molar refractivity (Wildman–Crippen MR) is 88.4 cm³/mol. The standard InChI is InChI=1S/C16H15FN2O5S/c1-18-15(20)11-5-3-4-6-13(11)19-25(22,23)14-9-10(16(21)24-2)7-8-12(14)17/h3-9,19H,1-2H3,(H,18,20). The second-order valence-corrected chi connectivity index (χ2v) is 6.52. The zero-order valence-corrected chi connectivity index (χ0v) is 14.2. The van der Waals surface area contributed by atoms with Gasteiger partial charge in [0, 0.05) is 7.05 Å². The van der Waals surface area contributed by atoms with Crippen LogP contribution in [0.25, 0.3) is 0 Å². The Morgan fingerprint density at radius 2 is 1.80 bits per heavy atom. The van der Waals surface area contributed by atoms with Gasteiger partial charge in [0.25, 0.3) is 15.9 Å². The van der Waals surface area contributed by atoms with Crippen LogP contribution in [0.15, 0.2) is 47.4 Å². The number of nitrogens with one attached hydrogen (secondary N) is 2. The minimum absolute atomic E-state index is 0.0234. The van der Waals surface area contributed by atoms with Gasteiger partial charge < -0.3 is 10.1 Å². The van der Waals surface area contributed by atoms with Crippen LogP contribution in [0.4, 0.5) is 10.1 Å². The number of amides is 1. The summed E-state index contributed by atoms with van der Waals surface area (Å²) in [5.74, 6) is -2.36.